The maximum absolute atomic E-state index is 14.1. The van der Waals surface area contributed by atoms with Crippen LogP contribution < -0.4 is 5.56 Å². The summed E-state index contributed by atoms with van der Waals surface area (Å²) in [5.74, 6) is -2.37. The topological polar surface area (TPSA) is 159 Å². The number of carbonyl (C=O) groups excluding carboxylic acids is 4. The number of cyclic esters (lactones) is 1. The Balaban J connectivity index is 1.38. The zero-order chi connectivity index (χ0) is 34.9. The quantitative estimate of drug-likeness (QED) is 0.0735. The van der Waals surface area contributed by atoms with Gasteiger partial charge in [-0.15, -0.1) is 0 Å². The van der Waals surface area contributed by atoms with E-state index in [4.69, 9.17) is 33.4 Å². The number of aromatic nitrogens is 2. The highest BCUT2D eigenvalue weighted by Gasteiger charge is 2.50. The lowest BCUT2D eigenvalue weighted by Gasteiger charge is -2.35. The molecule has 3 atom stereocenters. The van der Waals surface area contributed by atoms with Gasteiger partial charge in [0.25, 0.3) is 5.56 Å². The molecule has 2 aromatic heterocycles. The summed E-state index contributed by atoms with van der Waals surface area (Å²) >= 11 is 3.31. The van der Waals surface area contributed by atoms with Crippen LogP contribution in [-0.4, -0.2) is 51.2 Å². The van der Waals surface area contributed by atoms with Crippen LogP contribution in [-0.2, 0) is 73.0 Å². The van der Waals surface area contributed by atoms with E-state index in [0.717, 1.165) is 22.8 Å². The minimum Gasteiger partial charge on any atom is -0.458 e. The second-order valence-corrected chi connectivity index (χ2v) is 12.4. The van der Waals surface area contributed by atoms with Gasteiger partial charge in [-0.25, -0.2) is 9.78 Å². The average Bonchev–Trinajstić information content (AvgIpc) is 3.45. The highest BCUT2D eigenvalue weighted by atomic mass is 79.9. The lowest BCUT2D eigenvalue weighted by Crippen LogP contribution is -2.47. The highest BCUT2D eigenvalue weighted by Crippen LogP contribution is 2.42. The Morgan fingerprint density at radius 3 is 2.65 bits per heavy atom. The van der Waals surface area contributed by atoms with Gasteiger partial charge in [-0.2, -0.15) is 0 Å². The van der Waals surface area contributed by atoms with E-state index in [9.17, 15) is 24.0 Å². The van der Waals surface area contributed by atoms with Gasteiger partial charge in [0.1, 0.15) is 12.9 Å². The summed E-state index contributed by atoms with van der Waals surface area (Å²) in [6.07, 6.45) is 3.04. The van der Waals surface area contributed by atoms with Crippen molar-refractivity contribution < 1.29 is 47.6 Å². The van der Waals surface area contributed by atoms with E-state index in [0.29, 0.717) is 34.2 Å². The maximum atomic E-state index is 14.1. The van der Waals surface area contributed by atoms with Crippen LogP contribution in [0.15, 0.2) is 59.3 Å². The highest BCUT2D eigenvalue weighted by molar-refractivity contribution is 9.09. The van der Waals surface area contributed by atoms with Crippen molar-refractivity contribution in [1.29, 1.82) is 0 Å². The Bertz CT molecular complexity index is 1980. The molecule has 3 aliphatic heterocycles. The third-order valence-corrected chi connectivity index (χ3v) is 9.05. The van der Waals surface area contributed by atoms with Gasteiger partial charge in [0.05, 0.1) is 35.6 Å². The normalized spacial score (nSPS) is 21.3. The number of fused-ring (bicyclic) bond motifs is 5. The van der Waals surface area contributed by atoms with Gasteiger partial charge >= 0.3 is 23.9 Å². The molecule has 0 bridgehead atoms. The van der Waals surface area contributed by atoms with Crippen molar-refractivity contribution in [2.45, 2.75) is 77.8 Å². The number of pyridine rings is 2. The van der Waals surface area contributed by atoms with Gasteiger partial charge in [0, 0.05) is 42.1 Å². The molecule has 0 amide bonds. The molecular formula is C35H33BrN2O11. The first kappa shape index (κ1) is 34.1. The van der Waals surface area contributed by atoms with Crippen molar-refractivity contribution in [2.24, 2.45) is 0 Å². The molecule has 0 saturated heterocycles. The molecule has 3 aromatic rings. The molecule has 5 heterocycles. The van der Waals surface area contributed by atoms with Crippen LogP contribution in [0.5, 0.6) is 0 Å². The molecular weight excluding hydrogens is 704 g/mol. The standard InChI is InChI=1S/C35H33BrN2O11/c1-4-35(49-30(41)10-7-13-36)25-14-27-32-22(15-38(27)33(42)24(25)17-46-34(35)43)23(21-8-5-6-9-26(21)37-32)16-45-31-12-11-28(47-20(3)40)29(48-31)18-44-19(2)39/h5-6,8-9,11-12,14,18,28,31H,4,7,10,13,15-17H2,1-3H3/b29-18+/t28-,31-,35-/m0/s1. The third-order valence-electron chi connectivity index (χ3n) is 8.49. The lowest BCUT2D eigenvalue weighted by molar-refractivity contribution is -0.189. The molecule has 14 heteroatoms. The first-order valence-electron chi connectivity index (χ1n) is 15.7. The van der Waals surface area contributed by atoms with E-state index in [2.05, 4.69) is 15.9 Å². The summed E-state index contributed by atoms with van der Waals surface area (Å²) in [7, 11) is 0. The summed E-state index contributed by atoms with van der Waals surface area (Å²) in [4.78, 5) is 68.2. The second-order valence-electron chi connectivity index (χ2n) is 11.6. The second kappa shape index (κ2) is 14.0. The van der Waals surface area contributed by atoms with Crippen LogP contribution in [0.25, 0.3) is 22.3 Å². The first-order valence-corrected chi connectivity index (χ1v) is 16.8. The van der Waals surface area contributed by atoms with Gasteiger partial charge in [0.2, 0.25) is 11.9 Å². The van der Waals surface area contributed by atoms with Gasteiger partial charge in [0.15, 0.2) is 11.9 Å². The number of carbonyl (C=O) groups is 4. The van der Waals surface area contributed by atoms with Crippen molar-refractivity contribution in [3.63, 3.8) is 0 Å². The minimum absolute atomic E-state index is 0.0214. The molecule has 3 aliphatic rings. The molecule has 1 aromatic carbocycles. The molecule has 0 N–H and O–H groups in total. The predicted molar refractivity (Wildman–Crippen MR) is 176 cm³/mol. The fraction of sp³-hybridized carbons (Fsp3) is 0.371. The summed E-state index contributed by atoms with van der Waals surface area (Å²) in [5, 5.41) is 1.38. The molecule has 0 spiro atoms. The average molecular weight is 738 g/mol. The Labute approximate surface area is 288 Å². The molecule has 49 heavy (non-hydrogen) atoms. The van der Waals surface area contributed by atoms with Crippen LogP contribution in [0, 0.1) is 0 Å². The van der Waals surface area contributed by atoms with Crippen LogP contribution >= 0.6 is 15.9 Å². The van der Waals surface area contributed by atoms with E-state index in [-0.39, 0.29) is 49.5 Å². The van der Waals surface area contributed by atoms with Crippen molar-refractivity contribution in [2.75, 3.05) is 5.33 Å². The Hall–Kier alpha value is -4.82. The number of rotatable bonds is 10. The maximum Gasteiger partial charge on any atom is 0.355 e. The number of ether oxygens (including phenoxy) is 6. The number of benzene rings is 1. The number of esters is 4. The van der Waals surface area contributed by atoms with Crippen LogP contribution in [0.2, 0.25) is 0 Å². The monoisotopic (exact) mass is 736 g/mol. The zero-order valence-corrected chi connectivity index (χ0v) is 28.6. The van der Waals surface area contributed by atoms with Gasteiger partial charge < -0.3 is 33.0 Å². The van der Waals surface area contributed by atoms with E-state index in [1.807, 2.05) is 24.3 Å². The summed E-state index contributed by atoms with van der Waals surface area (Å²) < 4.78 is 35.2. The molecule has 0 radical (unpaired) electrons. The van der Waals surface area contributed by atoms with Crippen molar-refractivity contribution in [3.05, 3.63) is 87.1 Å². The van der Waals surface area contributed by atoms with Crippen molar-refractivity contribution in [1.82, 2.24) is 9.55 Å². The summed E-state index contributed by atoms with van der Waals surface area (Å²) in [5.41, 5.74) is 1.51. The fourth-order valence-corrected chi connectivity index (χ4v) is 6.47. The van der Waals surface area contributed by atoms with E-state index >= 15 is 0 Å². The predicted octanol–water partition coefficient (Wildman–Crippen LogP) is 4.57. The number of alkyl halides is 1. The molecule has 0 saturated carbocycles. The van der Waals surface area contributed by atoms with Gasteiger partial charge in [-0.05, 0) is 42.7 Å². The molecule has 0 unspecified atom stereocenters. The Morgan fingerprint density at radius 2 is 1.92 bits per heavy atom. The minimum atomic E-state index is -1.77. The fourth-order valence-electron chi connectivity index (χ4n) is 6.19. The lowest BCUT2D eigenvalue weighted by atomic mass is 9.85. The number of para-hydroxylation sites is 1. The number of hydrogen-bond donors (Lipinski definition) is 0. The molecule has 13 nitrogen and oxygen atoms in total. The van der Waals surface area contributed by atoms with Crippen molar-refractivity contribution in [3.8, 4) is 11.4 Å². The van der Waals surface area contributed by atoms with Crippen LogP contribution in [0.3, 0.4) is 0 Å². The smallest absolute Gasteiger partial charge is 0.355 e. The summed E-state index contributed by atoms with van der Waals surface area (Å²) in [6.45, 7) is 4.12. The summed E-state index contributed by atoms with van der Waals surface area (Å²) in [6, 6.07) is 9.18. The molecule has 0 fully saturated rings. The molecule has 256 valence electrons. The third kappa shape index (κ3) is 6.49. The Kier molecular flexibility index (Phi) is 9.70. The molecule has 6 rings (SSSR count). The van der Waals surface area contributed by atoms with E-state index in [1.54, 1.807) is 29.7 Å². The zero-order valence-electron chi connectivity index (χ0n) is 27.0. The largest absolute Gasteiger partial charge is 0.458 e. The Morgan fingerprint density at radius 1 is 1.12 bits per heavy atom. The first-order chi connectivity index (χ1) is 23.6. The SMILES string of the molecule is CC[C@@]1(OC(=O)CCCBr)C(=O)OCc2c1cc1n(c2=O)Cc2c-1nc1ccccc1c2CO[C@@H]1C=C[C@H](OC(C)=O)/C(=C\OC(C)=O)O1. The van der Waals surface area contributed by atoms with Crippen LogP contribution in [0.1, 0.15) is 62.3 Å². The van der Waals surface area contributed by atoms with Crippen molar-refractivity contribution >= 4 is 50.7 Å². The number of hydrogen-bond acceptors (Lipinski definition) is 12. The van der Waals surface area contributed by atoms with Gasteiger partial charge in [-0.3, -0.25) is 19.2 Å². The number of nitrogens with zero attached hydrogens (tertiary/aromatic N) is 2. The molecule has 0 aliphatic carbocycles. The van der Waals surface area contributed by atoms with Crippen LogP contribution in [0.4, 0.5) is 0 Å². The van der Waals surface area contributed by atoms with Gasteiger partial charge in [-0.1, -0.05) is 41.1 Å². The number of halogens is 1. The van der Waals surface area contributed by atoms with E-state index in [1.165, 1.54) is 13.8 Å². The van der Waals surface area contributed by atoms with E-state index < -0.39 is 41.9 Å².